The van der Waals surface area contributed by atoms with Crippen LogP contribution in [0, 0.1) is 0 Å². The highest BCUT2D eigenvalue weighted by atomic mass is 35.5. The molecule has 2 aromatic carbocycles. The molecule has 5 nitrogen and oxygen atoms in total. The quantitative estimate of drug-likeness (QED) is 0.903. The number of hydrogen-bond acceptors (Lipinski definition) is 5. The van der Waals surface area contributed by atoms with Gasteiger partial charge in [0, 0.05) is 30.1 Å². The molecule has 0 aromatic heterocycles. The minimum atomic E-state index is 0.0212. The van der Waals surface area contributed by atoms with Crippen LogP contribution >= 0.6 is 11.6 Å². The van der Waals surface area contributed by atoms with Crippen molar-refractivity contribution in [3.05, 3.63) is 58.6 Å². The molecule has 6 heteroatoms. The molecule has 0 saturated carbocycles. The molecule has 2 heterocycles. The molecule has 124 valence electrons. The van der Waals surface area contributed by atoms with Gasteiger partial charge in [-0.25, -0.2) is 0 Å². The molecular weight excluding hydrogens is 328 g/mol. The Bertz CT molecular complexity index is 779. The molecule has 1 N–H and O–H groups in total. The van der Waals surface area contributed by atoms with Crippen LogP contribution in [0.2, 0.25) is 5.02 Å². The van der Waals surface area contributed by atoms with E-state index in [1.54, 1.807) is 0 Å². The van der Waals surface area contributed by atoms with Gasteiger partial charge in [0.2, 0.25) is 6.79 Å². The third-order valence-electron chi connectivity index (χ3n) is 4.08. The Morgan fingerprint density at radius 1 is 1.12 bits per heavy atom. The first kappa shape index (κ1) is 15.3. The zero-order chi connectivity index (χ0) is 16.4. The topological polar surface area (TPSA) is 52.1 Å². The average Bonchev–Trinajstić information content (AvgIpc) is 3.25. The summed E-state index contributed by atoms with van der Waals surface area (Å²) in [5.74, 6) is 1.53. The largest absolute Gasteiger partial charge is 0.454 e. The van der Waals surface area contributed by atoms with Gasteiger partial charge < -0.3 is 19.6 Å². The van der Waals surface area contributed by atoms with Crippen LogP contribution in [0.3, 0.4) is 0 Å². The van der Waals surface area contributed by atoms with Crippen LogP contribution in [0.1, 0.15) is 17.5 Å². The van der Waals surface area contributed by atoms with E-state index >= 15 is 0 Å². The minimum Gasteiger partial charge on any atom is -0.454 e. The molecule has 0 bridgehead atoms. The lowest BCUT2D eigenvalue weighted by atomic mass is 10.0. The van der Waals surface area contributed by atoms with Crippen molar-refractivity contribution in [1.29, 1.82) is 0 Å². The van der Waals surface area contributed by atoms with E-state index in [1.165, 1.54) is 0 Å². The number of fused-ring (bicyclic) bond motifs is 1. The van der Waals surface area contributed by atoms with Crippen LogP contribution in [0.4, 0.5) is 0 Å². The molecule has 4 rings (SSSR count). The van der Waals surface area contributed by atoms with Crippen molar-refractivity contribution in [3.63, 3.8) is 0 Å². The van der Waals surface area contributed by atoms with Gasteiger partial charge in [-0.15, -0.1) is 0 Å². The number of oxime groups is 1. The van der Waals surface area contributed by atoms with E-state index in [-0.39, 0.29) is 12.9 Å². The first-order valence-electron chi connectivity index (χ1n) is 7.86. The third kappa shape index (κ3) is 3.18. The summed E-state index contributed by atoms with van der Waals surface area (Å²) in [6, 6.07) is 13.7. The van der Waals surface area contributed by atoms with Crippen LogP contribution < -0.4 is 14.8 Å². The average molecular weight is 345 g/mol. The Labute approximate surface area is 145 Å². The number of halogens is 1. The lowest BCUT2D eigenvalue weighted by Gasteiger charge is -2.10. The molecule has 0 spiro atoms. The molecule has 0 unspecified atom stereocenters. The standard InChI is InChI=1S/C18H17ClN2O3/c19-15-4-2-1-3-13(15)9-20-10-14-8-16(21-24-14)12-5-6-17-18(7-12)23-11-22-17/h1-7,14,20H,8-11H2/t14-/m1/s1. The maximum atomic E-state index is 6.15. The third-order valence-corrected chi connectivity index (χ3v) is 4.45. The molecule has 2 aliphatic rings. The highest BCUT2D eigenvalue weighted by Crippen LogP contribution is 2.33. The summed E-state index contributed by atoms with van der Waals surface area (Å²) < 4.78 is 10.7. The van der Waals surface area contributed by atoms with Crippen molar-refractivity contribution in [2.45, 2.75) is 19.1 Å². The summed E-state index contributed by atoms with van der Waals surface area (Å²) in [5, 5.41) is 8.35. The number of hydrogen-bond donors (Lipinski definition) is 1. The van der Waals surface area contributed by atoms with Gasteiger partial charge in [0.05, 0.1) is 5.71 Å². The predicted octanol–water partition coefficient (Wildman–Crippen LogP) is 3.35. The zero-order valence-corrected chi connectivity index (χ0v) is 13.8. The lowest BCUT2D eigenvalue weighted by Crippen LogP contribution is -2.26. The van der Waals surface area contributed by atoms with E-state index in [9.17, 15) is 0 Å². The van der Waals surface area contributed by atoms with Crippen molar-refractivity contribution in [2.75, 3.05) is 13.3 Å². The Kier molecular flexibility index (Phi) is 4.28. The second-order valence-corrected chi connectivity index (χ2v) is 6.17. The Morgan fingerprint density at radius 3 is 2.92 bits per heavy atom. The maximum Gasteiger partial charge on any atom is 0.231 e. The van der Waals surface area contributed by atoms with E-state index in [4.69, 9.17) is 25.9 Å². The first-order chi connectivity index (χ1) is 11.8. The van der Waals surface area contributed by atoms with Crippen molar-refractivity contribution < 1.29 is 14.3 Å². The Balaban J connectivity index is 1.31. The monoisotopic (exact) mass is 344 g/mol. The van der Waals surface area contributed by atoms with Crippen LogP contribution in [-0.4, -0.2) is 25.2 Å². The molecule has 0 fully saturated rings. The highest BCUT2D eigenvalue weighted by molar-refractivity contribution is 6.31. The van der Waals surface area contributed by atoms with Crippen molar-refractivity contribution in [1.82, 2.24) is 5.32 Å². The summed E-state index contributed by atoms with van der Waals surface area (Å²) >= 11 is 6.15. The fourth-order valence-corrected chi connectivity index (χ4v) is 3.00. The number of benzene rings is 2. The van der Waals surface area contributed by atoms with Gasteiger partial charge in [-0.1, -0.05) is 35.0 Å². The fraction of sp³-hybridized carbons (Fsp3) is 0.278. The smallest absolute Gasteiger partial charge is 0.231 e. The second kappa shape index (κ2) is 6.71. The van der Waals surface area contributed by atoms with Gasteiger partial charge in [-0.3, -0.25) is 0 Å². The zero-order valence-electron chi connectivity index (χ0n) is 13.0. The van der Waals surface area contributed by atoms with Crippen molar-refractivity contribution in [2.24, 2.45) is 5.16 Å². The SMILES string of the molecule is Clc1ccccc1CNC[C@H]1CC(c2ccc3c(c2)OCO3)=NO1. The molecule has 0 amide bonds. The second-order valence-electron chi connectivity index (χ2n) is 5.76. The highest BCUT2D eigenvalue weighted by Gasteiger charge is 2.23. The van der Waals surface area contributed by atoms with Gasteiger partial charge in [0.1, 0.15) is 6.10 Å². The van der Waals surface area contributed by atoms with E-state index in [1.807, 2.05) is 42.5 Å². The molecule has 0 radical (unpaired) electrons. The number of ether oxygens (including phenoxy) is 2. The number of rotatable bonds is 5. The normalized spacial score (nSPS) is 18.4. The Hall–Kier alpha value is -2.24. The van der Waals surface area contributed by atoms with Crippen LogP contribution in [-0.2, 0) is 11.4 Å². The summed E-state index contributed by atoms with van der Waals surface area (Å²) in [6.07, 6.45) is 0.780. The van der Waals surface area contributed by atoms with Crippen LogP contribution in [0.25, 0.3) is 0 Å². The van der Waals surface area contributed by atoms with Crippen molar-refractivity contribution in [3.8, 4) is 11.5 Å². The van der Waals surface area contributed by atoms with Gasteiger partial charge >= 0.3 is 0 Å². The fourth-order valence-electron chi connectivity index (χ4n) is 2.79. The number of nitrogens with zero attached hydrogens (tertiary/aromatic N) is 1. The Morgan fingerprint density at radius 2 is 2.00 bits per heavy atom. The van der Waals surface area contributed by atoms with E-state index < -0.39 is 0 Å². The van der Waals surface area contributed by atoms with E-state index in [0.717, 1.165) is 39.8 Å². The summed E-state index contributed by atoms with van der Waals surface area (Å²) in [7, 11) is 0. The summed E-state index contributed by atoms with van der Waals surface area (Å²) in [5.41, 5.74) is 3.01. The molecule has 2 aliphatic heterocycles. The van der Waals surface area contributed by atoms with Gasteiger partial charge in [0.15, 0.2) is 11.5 Å². The van der Waals surface area contributed by atoms with Crippen LogP contribution in [0.15, 0.2) is 47.6 Å². The molecule has 24 heavy (non-hydrogen) atoms. The molecular formula is C18H17ClN2O3. The predicted molar refractivity (Wildman–Crippen MR) is 91.8 cm³/mol. The van der Waals surface area contributed by atoms with Gasteiger partial charge in [0.25, 0.3) is 0 Å². The van der Waals surface area contributed by atoms with E-state index in [2.05, 4.69) is 10.5 Å². The van der Waals surface area contributed by atoms with Crippen LogP contribution in [0.5, 0.6) is 11.5 Å². The van der Waals surface area contributed by atoms with E-state index in [0.29, 0.717) is 13.1 Å². The molecule has 0 saturated heterocycles. The summed E-state index contributed by atoms with van der Waals surface area (Å²) in [4.78, 5) is 5.53. The van der Waals surface area contributed by atoms with Crippen molar-refractivity contribution >= 4 is 17.3 Å². The minimum absolute atomic E-state index is 0.0212. The molecule has 2 aromatic rings. The number of nitrogens with one attached hydrogen (secondary N) is 1. The first-order valence-corrected chi connectivity index (χ1v) is 8.24. The molecule has 0 aliphatic carbocycles. The van der Waals surface area contributed by atoms with Gasteiger partial charge in [-0.05, 0) is 29.8 Å². The van der Waals surface area contributed by atoms with Gasteiger partial charge in [-0.2, -0.15) is 0 Å². The maximum absolute atomic E-state index is 6.15. The molecule has 1 atom stereocenters. The summed E-state index contributed by atoms with van der Waals surface area (Å²) in [6.45, 7) is 1.69. The lowest BCUT2D eigenvalue weighted by molar-refractivity contribution is 0.0848.